The Bertz CT molecular complexity index is 364. The molecule has 0 saturated heterocycles. The van der Waals surface area contributed by atoms with Crippen molar-refractivity contribution < 1.29 is 18.0 Å². The fourth-order valence-electron chi connectivity index (χ4n) is 3.65. The molecule has 2 rings (SSSR count). The first-order valence-electron chi connectivity index (χ1n) is 7.93. The minimum absolute atomic E-state index is 0.00676. The summed E-state index contributed by atoms with van der Waals surface area (Å²) in [6.07, 6.45) is 2.29. The molecule has 2 aliphatic carbocycles. The van der Waals surface area contributed by atoms with Crippen molar-refractivity contribution in [3.05, 3.63) is 0 Å². The second-order valence-corrected chi connectivity index (χ2v) is 6.77. The number of rotatable bonds is 3. The highest BCUT2D eigenvalue weighted by Gasteiger charge is 2.42. The lowest BCUT2D eigenvalue weighted by molar-refractivity contribution is -0.184. The lowest BCUT2D eigenvalue weighted by Gasteiger charge is -2.35. The highest BCUT2D eigenvalue weighted by Crippen LogP contribution is 2.37. The number of carbonyl (C=O) groups excluding carboxylic acids is 1. The van der Waals surface area contributed by atoms with E-state index in [9.17, 15) is 18.0 Å². The number of halogens is 3. The van der Waals surface area contributed by atoms with Crippen LogP contribution in [0.15, 0.2) is 0 Å². The van der Waals surface area contributed by atoms with Crippen LogP contribution in [-0.4, -0.2) is 23.7 Å². The third kappa shape index (κ3) is 4.87. The summed E-state index contributed by atoms with van der Waals surface area (Å²) in [5.74, 6) is -1.47. The van der Waals surface area contributed by atoms with Crippen molar-refractivity contribution in [3.63, 3.8) is 0 Å². The van der Waals surface area contributed by atoms with Crippen LogP contribution in [0.4, 0.5) is 13.2 Å². The van der Waals surface area contributed by atoms with E-state index in [2.05, 4.69) is 5.32 Å². The molecule has 0 aromatic rings. The normalized spacial score (nSPS) is 29.9. The molecule has 3 N–H and O–H groups in total. The number of nitrogens with one attached hydrogen (secondary N) is 1. The van der Waals surface area contributed by atoms with Gasteiger partial charge in [0.1, 0.15) is 0 Å². The Morgan fingerprint density at radius 2 is 1.81 bits per heavy atom. The van der Waals surface area contributed by atoms with Gasteiger partial charge in [0, 0.05) is 18.0 Å². The van der Waals surface area contributed by atoms with Crippen LogP contribution >= 0.6 is 0 Å². The van der Waals surface area contributed by atoms with Gasteiger partial charge in [0.05, 0.1) is 5.92 Å². The lowest BCUT2D eigenvalue weighted by atomic mass is 9.79. The molecular weight excluding hydrogens is 281 g/mol. The average Bonchev–Trinajstić information content (AvgIpc) is 2.38. The van der Waals surface area contributed by atoms with Gasteiger partial charge >= 0.3 is 6.18 Å². The van der Waals surface area contributed by atoms with Crippen molar-refractivity contribution >= 4 is 5.91 Å². The SMILES string of the molecule is NC1(CC(=O)NC2CCCC(C(F)(F)F)C2)CCCCC1. The first kappa shape index (κ1) is 16.6. The van der Waals surface area contributed by atoms with E-state index in [0.717, 1.165) is 32.1 Å². The summed E-state index contributed by atoms with van der Waals surface area (Å²) in [5, 5.41) is 2.77. The van der Waals surface area contributed by atoms with Crippen molar-refractivity contribution in [2.45, 2.75) is 82.0 Å². The molecule has 6 heteroatoms. The first-order chi connectivity index (χ1) is 9.78. The molecule has 2 atom stereocenters. The molecule has 0 aliphatic heterocycles. The standard InChI is InChI=1S/C15H25F3N2O/c16-15(17,18)11-5-4-6-12(9-11)20-13(21)10-14(19)7-2-1-3-8-14/h11-12H,1-10,19H2,(H,20,21). The Kier molecular flexibility index (Phi) is 5.17. The van der Waals surface area contributed by atoms with Gasteiger partial charge in [0.2, 0.25) is 5.91 Å². The zero-order valence-electron chi connectivity index (χ0n) is 12.3. The topological polar surface area (TPSA) is 55.1 Å². The van der Waals surface area contributed by atoms with Gasteiger partial charge in [-0.15, -0.1) is 0 Å². The zero-order valence-corrected chi connectivity index (χ0v) is 12.3. The predicted molar refractivity (Wildman–Crippen MR) is 74.6 cm³/mol. The molecule has 0 spiro atoms. The minimum atomic E-state index is -4.15. The van der Waals surface area contributed by atoms with E-state index in [-0.39, 0.29) is 31.2 Å². The molecule has 0 bridgehead atoms. The van der Waals surface area contributed by atoms with Crippen LogP contribution in [0.25, 0.3) is 0 Å². The van der Waals surface area contributed by atoms with Crippen molar-refractivity contribution in [2.24, 2.45) is 11.7 Å². The van der Waals surface area contributed by atoms with E-state index in [0.29, 0.717) is 12.8 Å². The predicted octanol–water partition coefficient (Wildman–Crippen LogP) is 3.28. The van der Waals surface area contributed by atoms with Gasteiger partial charge in [-0.3, -0.25) is 4.79 Å². The summed E-state index contributed by atoms with van der Waals surface area (Å²) >= 11 is 0. The highest BCUT2D eigenvalue weighted by atomic mass is 19.4. The maximum Gasteiger partial charge on any atom is 0.391 e. The number of amides is 1. The van der Waals surface area contributed by atoms with Crippen LogP contribution in [0.1, 0.15) is 64.2 Å². The molecule has 1 amide bonds. The largest absolute Gasteiger partial charge is 0.391 e. The minimum Gasteiger partial charge on any atom is -0.353 e. The van der Waals surface area contributed by atoms with Gasteiger partial charge in [-0.1, -0.05) is 25.7 Å². The van der Waals surface area contributed by atoms with Gasteiger partial charge in [-0.2, -0.15) is 13.2 Å². The van der Waals surface area contributed by atoms with Crippen molar-refractivity contribution in [1.82, 2.24) is 5.32 Å². The monoisotopic (exact) mass is 306 g/mol. The molecule has 2 aliphatic rings. The molecule has 0 radical (unpaired) electrons. The van der Waals surface area contributed by atoms with E-state index < -0.39 is 17.6 Å². The first-order valence-corrected chi connectivity index (χ1v) is 7.93. The van der Waals surface area contributed by atoms with Crippen molar-refractivity contribution in [3.8, 4) is 0 Å². The second kappa shape index (κ2) is 6.55. The molecule has 2 unspecified atom stereocenters. The summed E-state index contributed by atoms with van der Waals surface area (Å²) in [7, 11) is 0. The summed E-state index contributed by atoms with van der Waals surface area (Å²) in [6, 6.07) is -0.356. The van der Waals surface area contributed by atoms with E-state index in [1.54, 1.807) is 0 Å². The molecule has 122 valence electrons. The molecule has 0 aromatic heterocycles. The quantitative estimate of drug-likeness (QED) is 0.841. The molecule has 21 heavy (non-hydrogen) atoms. The Labute approximate surface area is 123 Å². The van der Waals surface area contributed by atoms with E-state index in [4.69, 9.17) is 5.73 Å². The fraction of sp³-hybridized carbons (Fsp3) is 0.933. The van der Waals surface area contributed by atoms with Crippen LogP contribution in [0.2, 0.25) is 0 Å². The summed E-state index contributed by atoms with van der Waals surface area (Å²) in [5.41, 5.74) is 5.76. The number of hydrogen-bond donors (Lipinski definition) is 2. The smallest absolute Gasteiger partial charge is 0.353 e. The zero-order chi connectivity index (χ0) is 15.5. The van der Waals surface area contributed by atoms with Gasteiger partial charge in [-0.05, 0) is 32.1 Å². The number of hydrogen-bond acceptors (Lipinski definition) is 2. The number of nitrogens with two attached hydrogens (primary N) is 1. The highest BCUT2D eigenvalue weighted by molar-refractivity contribution is 5.77. The van der Waals surface area contributed by atoms with Gasteiger partial charge in [0.25, 0.3) is 0 Å². The lowest BCUT2D eigenvalue weighted by Crippen LogP contribution is -2.48. The molecule has 2 saturated carbocycles. The molecule has 0 heterocycles. The maximum absolute atomic E-state index is 12.8. The summed E-state index contributed by atoms with van der Waals surface area (Å²) in [6.45, 7) is 0. The van der Waals surface area contributed by atoms with Crippen LogP contribution < -0.4 is 11.1 Å². The van der Waals surface area contributed by atoms with Crippen LogP contribution in [0.3, 0.4) is 0 Å². The Hall–Kier alpha value is -0.780. The Balaban J connectivity index is 1.82. The third-order valence-electron chi connectivity index (χ3n) is 4.86. The third-order valence-corrected chi connectivity index (χ3v) is 4.86. The number of alkyl halides is 3. The molecular formula is C15H25F3N2O. The second-order valence-electron chi connectivity index (χ2n) is 6.77. The van der Waals surface area contributed by atoms with Gasteiger partial charge in [0.15, 0.2) is 0 Å². The molecule has 3 nitrogen and oxygen atoms in total. The van der Waals surface area contributed by atoms with Gasteiger partial charge < -0.3 is 11.1 Å². The molecule has 2 fully saturated rings. The van der Waals surface area contributed by atoms with E-state index in [1.807, 2.05) is 0 Å². The molecule has 0 aromatic carbocycles. The van der Waals surface area contributed by atoms with Crippen LogP contribution in [-0.2, 0) is 4.79 Å². The van der Waals surface area contributed by atoms with Crippen molar-refractivity contribution in [2.75, 3.05) is 0 Å². The Morgan fingerprint density at radius 3 is 2.43 bits per heavy atom. The van der Waals surface area contributed by atoms with Crippen LogP contribution in [0, 0.1) is 5.92 Å². The number of carbonyl (C=O) groups is 1. The van der Waals surface area contributed by atoms with Gasteiger partial charge in [-0.25, -0.2) is 0 Å². The Morgan fingerprint density at radius 1 is 1.14 bits per heavy atom. The van der Waals surface area contributed by atoms with E-state index in [1.165, 1.54) is 0 Å². The summed E-state index contributed by atoms with van der Waals surface area (Å²) in [4.78, 5) is 12.1. The van der Waals surface area contributed by atoms with Crippen LogP contribution in [0.5, 0.6) is 0 Å². The van der Waals surface area contributed by atoms with Crippen molar-refractivity contribution in [1.29, 1.82) is 0 Å². The summed E-state index contributed by atoms with van der Waals surface area (Å²) < 4.78 is 38.3. The average molecular weight is 306 g/mol. The van der Waals surface area contributed by atoms with E-state index >= 15 is 0 Å². The maximum atomic E-state index is 12.8. The fourth-order valence-corrected chi connectivity index (χ4v) is 3.65.